The average Bonchev–Trinajstić information content (AvgIpc) is 2.57. The monoisotopic (exact) mass is 321 g/mol. The fraction of sp³-hybridized carbons (Fsp3) is 0.333. The summed E-state index contributed by atoms with van der Waals surface area (Å²) in [6.45, 7) is 2.40. The number of anilines is 1. The van der Waals surface area contributed by atoms with E-state index in [4.69, 9.17) is 0 Å². The highest BCUT2D eigenvalue weighted by atomic mass is 19.2. The molecule has 23 heavy (non-hydrogen) atoms. The molecule has 0 spiro atoms. The lowest BCUT2D eigenvalue weighted by Crippen LogP contribution is -2.35. The van der Waals surface area contributed by atoms with Crippen molar-refractivity contribution >= 4 is 5.69 Å². The van der Waals surface area contributed by atoms with Crippen LogP contribution in [0.25, 0.3) is 0 Å². The number of rotatable bonds is 7. The molecule has 0 bridgehead atoms. The minimum Gasteiger partial charge on any atom is -0.391 e. The molecule has 124 valence electrons. The van der Waals surface area contributed by atoms with Gasteiger partial charge in [-0.2, -0.15) is 0 Å². The maximum Gasteiger partial charge on any atom is 0.159 e. The Bertz CT molecular complexity index is 622. The van der Waals surface area contributed by atoms with Crippen molar-refractivity contribution in [3.63, 3.8) is 0 Å². The van der Waals surface area contributed by atoms with E-state index in [-0.39, 0.29) is 6.54 Å². The lowest BCUT2D eigenvalue weighted by Gasteiger charge is -2.29. The van der Waals surface area contributed by atoms with Crippen molar-refractivity contribution in [1.29, 1.82) is 0 Å². The van der Waals surface area contributed by atoms with Gasteiger partial charge in [0, 0.05) is 18.8 Å². The molecule has 0 saturated carbocycles. The second-order valence-corrected chi connectivity index (χ2v) is 5.49. The molecule has 2 rings (SSSR count). The maximum absolute atomic E-state index is 13.3. The normalized spacial score (nSPS) is 13.6. The van der Waals surface area contributed by atoms with Crippen LogP contribution in [0.1, 0.15) is 25.0 Å². The van der Waals surface area contributed by atoms with Crippen LogP contribution in [-0.2, 0) is 0 Å². The van der Waals surface area contributed by atoms with Gasteiger partial charge in [0.1, 0.15) is 0 Å². The van der Waals surface area contributed by atoms with Gasteiger partial charge in [0.15, 0.2) is 11.6 Å². The Morgan fingerprint density at radius 2 is 1.65 bits per heavy atom. The molecule has 5 heteroatoms. The van der Waals surface area contributed by atoms with Gasteiger partial charge in [-0.15, -0.1) is 0 Å². The molecule has 3 nitrogen and oxygen atoms in total. The van der Waals surface area contributed by atoms with Crippen LogP contribution in [0.15, 0.2) is 48.5 Å². The number of para-hydroxylation sites is 1. The Kier molecular flexibility index (Phi) is 6.07. The molecule has 2 N–H and O–H groups in total. The van der Waals surface area contributed by atoms with Crippen molar-refractivity contribution in [3.8, 4) is 0 Å². The molecule has 2 atom stereocenters. The van der Waals surface area contributed by atoms with Crippen molar-refractivity contribution < 1.29 is 19.0 Å². The first-order valence-electron chi connectivity index (χ1n) is 7.62. The van der Waals surface area contributed by atoms with Crippen molar-refractivity contribution in [2.45, 2.75) is 25.6 Å². The summed E-state index contributed by atoms with van der Waals surface area (Å²) < 4.78 is 26.3. The van der Waals surface area contributed by atoms with Gasteiger partial charge in [-0.05, 0) is 36.2 Å². The molecule has 0 aliphatic rings. The molecule has 0 fully saturated rings. The SMILES string of the molecule is CCC(O)CN(CC(O)c1ccc(F)c(F)c1)c1ccccc1. The Labute approximate surface area is 134 Å². The van der Waals surface area contributed by atoms with Crippen molar-refractivity contribution in [1.82, 2.24) is 0 Å². The largest absolute Gasteiger partial charge is 0.391 e. The predicted molar refractivity (Wildman–Crippen MR) is 86.3 cm³/mol. The summed E-state index contributed by atoms with van der Waals surface area (Å²) in [5.41, 5.74) is 1.15. The van der Waals surface area contributed by atoms with Crippen LogP contribution in [0.3, 0.4) is 0 Å². The Hall–Kier alpha value is -1.98. The second-order valence-electron chi connectivity index (χ2n) is 5.49. The minimum atomic E-state index is -0.991. The summed E-state index contributed by atoms with van der Waals surface area (Å²) in [6.07, 6.45) is -0.938. The van der Waals surface area contributed by atoms with E-state index in [0.717, 1.165) is 17.8 Å². The summed E-state index contributed by atoms with van der Waals surface area (Å²) >= 11 is 0. The quantitative estimate of drug-likeness (QED) is 0.822. The third-order valence-corrected chi connectivity index (χ3v) is 3.75. The van der Waals surface area contributed by atoms with Crippen LogP contribution in [0.5, 0.6) is 0 Å². The van der Waals surface area contributed by atoms with E-state index in [9.17, 15) is 19.0 Å². The molecule has 0 radical (unpaired) electrons. The van der Waals surface area contributed by atoms with Crippen LogP contribution in [0.2, 0.25) is 0 Å². The highest BCUT2D eigenvalue weighted by molar-refractivity contribution is 5.46. The number of hydrogen-bond acceptors (Lipinski definition) is 3. The zero-order valence-electron chi connectivity index (χ0n) is 13.0. The van der Waals surface area contributed by atoms with Gasteiger partial charge in [0.05, 0.1) is 12.2 Å². The van der Waals surface area contributed by atoms with Crippen LogP contribution in [-0.4, -0.2) is 29.4 Å². The molecule has 0 aromatic heterocycles. The van der Waals surface area contributed by atoms with Gasteiger partial charge in [-0.25, -0.2) is 8.78 Å². The lowest BCUT2D eigenvalue weighted by molar-refractivity contribution is 0.157. The summed E-state index contributed by atoms with van der Waals surface area (Å²) in [6, 6.07) is 12.7. The van der Waals surface area contributed by atoms with Crippen molar-refractivity contribution in [2.24, 2.45) is 0 Å². The predicted octanol–water partition coefficient (Wildman–Crippen LogP) is 3.28. The van der Waals surface area contributed by atoms with E-state index in [2.05, 4.69) is 0 Å². The molecule has 0 aliphatic carbocycles. The first-order chi connectivity index (χ1) is 11.0. The minimum absolute atomic E-state index is 0.173. The average molecular weight is 321 g/mol. The van der Waals surface area contributed by atoms with Crippen molar-refractivity contribution in [2.75, 3.05) is 18.0 Å². The van der Waals surface area contributed by atoms with Crippen LogP contribution < -0.4 is 4.90 Å². The maximum atomic E-state index is 13.3. The molecular formula is C18H21F2NO2. The summed E-state index contributed by atoms with van der Waals surface area (Å²) in [5, 5.41) is 20.3. The van der Waals surface area contributed by atoms with Gasteiger partial charge in [0.2, 0.25) is 0 Å². The number of benzene rings is 2. The topological polar surface area (TPSA) is 43.7 Å². The van der Waals surface area contributed by atoms with Gasteiger partial charge in [0.25, 0.3) is 0 Å². The van der Waals surface area contributed by atoms with E-state index in [1.165, 1.54) is 6.07 Å². The molecule has 2 unspecified atom stereocenters. The number of nitrogens with zero attached hydrogens (tertiary/aromatic N) is 1. The molecule has 2 aromatic carbocycles. The third-order valence-electron chi connectivity index (χ3n) is 3.75. The van der Waals surface area contributed by atoms with E-state index < -0.39 is 23.8 Å². The lowest BCUT2D eigenvalue weighted by atomic mass is 10.1. The van der Waals surface area contributed by atoms with Crippen molar-refractivity contribution in [3.05, 3.63) is 65.7 Å². The molecular weight excluding hydrogens is 300 g/mol. The number of aliphatic hydroxyl groups excluding tert-OH is 2. The van der Waals surface area contributed by atoms with E-state index in [1.54, 1.807) is 0 Å². The Morgan fingerprint density at radius 3 is 2.26 bits per heavy atom. The molecule has 0 amide bonds. The summed E-state index contributed by atoms with van der Waals surface area (Å²) in [4.78, 5) is 1.83. The van der Waals surface area contributed by atoms with Gasteiger partial charge >= 0.3 is 0 Å². The first-order valence-corrected chi connectivity index (χ1v) is 7.62. The number of hydrogen-bond donors (Lipinski definition) is 2. The smallest absolute Gasteiger partial charge is 0.159 e. The molecule has 2 aromatic rings. The van der Waals surface area contributed by atoms with Gasteiger partial charge < -0.3 is 15.1 Å². The van der Waals surface area contributed by atoms with E-state index in [1.807, 2.05) is 42.2 Å². The zero-order valence-corrected chi connectivity index (χ0v) is 13.0. The fourth-order valence-electron chi connectivity index (χ4n) is 2.34. The number of aliphatic hydroxyl groups is 2. The Balaban J connectivity index is 2.17. The standard InChI is InChI=1S/C18H21F2NO2/c1-2-15(22)11-21(14-6-4-3-5-7-14)12-18(23)13-8-9-16(19)17(20)10-13/h3-10,15,18,22-23H,2,11-12H2,1H3. The highest BCUT2D eigenvalue weighted by Crippen LogP contribution is 2.21. The van der Waals surface area contributed by atoms with Crippen LogP contribution >= 0.6 is 0 Å². The van der Waals surface area contributed by atoms with Crippen LogP contribution in [0, 0.1) is 11.6 Å². The fourth-order valence-corrected chi connectivity index (χ4v) is 2.34. The second kappa shape index (κ2) is 8.04. The first kappa shape index (κ1) is 17.4. The zero-order chi connectivity index (χ0) is 16.8. The van der Waals surface area contributed by atoms with E-state index in [0.29, 0.717) is 18.5 Å². The molecule has 0 heterocycles. The molecule has 0 saturated heterocycles. The summed E-state index contributed by atoms with van der Waals surface area (Å²) in [5.74, 6) is -1.93. The van der Waals surface area contributed by atoms with Gasteiger partial charge in [-0.3, -0.25) is 0 Å². The van der Waals surface area contributed by atoms with Crippen LogP contribution in [0.4, 0.5) is 14.5 Å². The number of halogens is 2. The summed E-state index contributed by atoms with van der Waals surface area (Å²) in [7, 11) is 0. The molecule has 0 aliphatic heterocycles. The van der Waals surface area contributed by atoms with Gasteiger partial charge in [-0.1, -0.05) is 31.2 Å². The Morgan fingerprint density at radius 1 is 0.957 bits per heavy atom. The van der Waals surface area contributed by atoms with E-state index >= 15 is 0 Å². The highest BCUT2D eigenvalue weighted by Gasteiger charge is 2.18. The third kappa shape index (κ3) is 4.74.